The number of ether oxygens (including phenoxy) is 6. The zero-order chi connectivity index (χ0) is 69.6. The predicted molar refractivity (Wildman–Crippen MR) is 379 cm³/mol. The molecule has 0 aromatic heterocycles. The van der Waals surface area contributed by atoms with Gasteiger partial charge in [0.15, 0.2) is 18.9 Å². The Hall–Kier alpha value is -2.25. The highest BCUT2D eigenvalue weighted by atomic mass is 16.8. The maximum atomic E-state index is 13.5. The number of hydrogen-bond acceptors (Lipinski definition) is 18. The first-order valence-corrected chi connectivity index (χ1v) is 38.9. The summed E-state index contributed by atoms with van der Waals surface area (Å²) in [6.07, 6.45) is 45.2. The molecule has 1 amide bonds. The van der Waals surface area contributed by atoms with Crippen LogP contribution in [-0.4, -0.2) is 193 Å². The van der Waals surface area contributed by atoms with Crippen molar-refractivity contribution < 1.29 is 89.4 Å². The van der Waals surface area contributed by atoms with E-state index in [9.17, 15) is 61.0 Å². The first-order chi connectivity index (χ1) is 46.8. The summed E-state index contributed by atoms with van der Waals surface area (Å²) in [6.45, 7) is 1.74. The summed E-state index contributed by atoms with van der Waals surface area (Å²) in [6, 6.07) is -0.993. The Morgan fingerprint density at radius 2 is 0.698 bits per heavy atom. The zero-order valence-electron chi connectivity index (χ0n) is 59.9. The molecule has 562 valence electrons. The Bertz CT molecular complexity index is 1930. The van der Waals surface area contributed by atoms with Crippen LogP contribution in [0.5, 0.6) is 0 Å². The van der Waals surface area contributed by atoms with Crippen molar-refractivity contribution in [2.75, 3.05) is 26.4 Å². The fraction of sp³-hybridized carbons (Fsp3) is 0.883. The van der Waals surface area contributed by atoms with Gasteiger partial charge in [-0.2, -0.15) is 0 Å². The van der Waals surface area contributed by atoms with Crippen LogP contribution < -0.4 is 5.32 Å². The quantitative estimate of drug-likeness (QED) is 0.0199. The molecule has 0 saturated carbocycles. The van der Waals surface area contributed by atoms with Gasteiger partial charge in [-0.15, -0.1) is 0 Å². The average molecular weight is 1370 g/mol. The smallest absolute Gasteiger partial charge is 0.220 e. The third-order valence-electron chi connectivity index (χ3n) is 19.3. The fourth-order valence-electron chi connectivity index (χ4n) is 13.1. The summed E-state index contributed by atoms with van der Waals surface area (Å²) in [5.74, 6) is -0.283. The standard InChI is InChI=1S/C77H141NO18/c1-3-5-7-9-11-13-15-17-19-21-23-25-27-29-31-32-34-36-38-40-42-44-46-48-50-52-54-61(82)60(78-65(83)55-53-51-49-47-45-43-41-39-37-35-33-30-28-26-24-22-20-18-16-14-12-10-8-6-4-2)59-91-75-71(89)68(86)73(63(57-80)93-75)96-77-72(90)69(87)74(64(58-81)94-77)95-76-70(88)67(85)66(84)62(56-79)92-76/h16,18,22,24,44,46,52,54,60-64,66-77,79-82,84-90H,3-15,17,19-21,23,25-43,45,47-51,53,55-59H2,1-2H3,(H,78,83)/b18-16-,24-22-,46-44+,54-52+. The Kier molecular flexibility index (Phi) is 53.4. The molecule has 0 spiro atoms. The van der Waals surface area contributed by atoms with Gasteiger partial charge in [0.05, 0.1) is 38.6 Å². The Balaban J connectivity index is 1.41. The summed E-state index contributed by atoms with van der Waals surface area (Å²) in [7, 11) is 0. The van der Waals surface area contributed by atoms with Crippen molar-refractivity contribution in [3.8, 4) is 0 Å². The van der Waals surface area contributed by atoms with E-state index < -0.39 is 124 Å². The van der Waals surface area contributed by atoms with Crippen molar-refractivity contribution in [3.63, 3.8) is 0 Å². The zero-order valence-corrected chi connectivity index (χ0v) is 59.9. The van der Waals surface area contributed by atoms with Crippen LogP contribution >= 0.6 is 0 Å². The second kappa shape index (κ2) is 58.3. The van der Waals surface area contributed by atoms with E-state index in [0.29, 0.717) is 12.8 Å². The van der Waals surface area contributed by atoms with Crippen LogP contribution in [0.15, 0.2) is 48.6 Å². The lowest BCUT2D eigenvalue weighted by Crippen LogP contribution is -2.66. The molecule has 96 heavy (non-hydrogen) atoms. The third-order valence-corrected chi connectivity index (χ3v) is 19.3. The van der Waals surface area contributed by atoms with E-state index in [1.54, 1.807) is 6.08 Å². The van der Waals surface area contributed by atoms with E-state index in [0.717, 1.165) is 44.9 Å². The fourth-order valence-corrected chi connectivity index (χ4v) is 13.1. The van der Waals surface area contributed by atoms with Crippen LogP contribution in [0.2, 0.25) is 0 Å². The van der Waals surface area contributed by atoms with Gasteiger partial charge in [0.25, 0.3) is 0 Å². The molecule has 19 heteroatoms. The minimum atomic E-state index is -1.98. The van der Waals surface area contributed by atoms with Gasteiger partial charge >= 0.3 is 0 Å². The highest BCUT2D eigenvalue weighted by Gasteiger charge is 2.53. The van der Waals surface area contributed by atoms with Crippen molar-refractivity contribution in [2.24, 2.45) is 0 Å². The molecule has 3 rings (SSSR count). The van der Waals surface area contributed by atoms with Crippen molar-refractivity contribution in [1.29, 1.82) is 0 Å². The number of hydrogen-bond donors (Lipinski definition) is 12. The Morgan fingerprint density at radius 3 is 1.10 bits per heavy atom. The SMILES string of the molecule is CCCCCCC/C=C\C/C=C\CCCCCCCCCCCCCCCC(=O)NC(COC1OC(CO)C(OC2OC(CO)C(OC3OC(CO)C(O)C(O)C3O)C(O)C2O)C(O)C1O)C(O)/C=C/CC/C=C/CCCCCCCCCCCCCCCCCCCCCC. The highest BCUT2D eigenvalue weighted by molar-refractivity contribution is 5.76. The highest BCUT2D eigenvalue weighted by Crippen LogP contribution is 2.33. The van der Waals surface area contributed by atoms with Gasteiger partial charge in [-0.3, -0.25) is 4.79 Å². The largest absolute Gasteiger partial charge is 0.394 e. The molecule has 17 unspecified atom stereocenters. The molecule has 0 aliphatic carbocycles. The molecule has 0 bridgehead atoms. The second-order valence-corrected chi connectivity index (χ2v) is 27.8. The van der Waals surface area contributed by atoms with Gasteiger partial charge in [0.2, 0.25) is 5.91 Å². The molecule has 3 heterocycles. The summed E-state index contributed by atoms with van der Waals surface area (Å²) >= 11 is 0. The summed E-state index contributed by atoms with van der Waals surface area (Å²) in [5.41, 5.74) is 0. The topological polar surface area (TPSA) is 307 Å². The molecule has 0 aromatic carbocycles. The molecule has 3 aliphatic heterocycles. The normalized spacial score (nSPS) is 27.3. The van der Waals surface area contributed by atoms with E-state index in [1.165, 1.54) is 225 Å². The molecule has 3 aliphatic rings. The van der Waals surface area contributed by atoms with Crippen molar-refractivity contribution in [2.45, 2.75) is 407 Å². The average Bonchev–Trinajstić information content (AvgIpc) is 0.788. The van der Waals surface area contributed by atoms with E-state index in [1.807, 2.05) is 6.08 Å². The summed E-state index contributed by atoms with van der Waals surface area (Å²) in [5, 5.41) is 121. The van der Waals surface area contributed by atoms with Crippen LogP contribution in [0.1, 0.15) is 303 Å². The number of carbonyl (C=O) groups excluding carboxylic acids is 1. The number of nitrogens with one attached hydrogen (secondary N) is 1. The minimum Gasteiger partial charge on any atom is -0.394 e. The molecular weight excluding hydrogens is 1230 g/mol. The van der Waals surface area contributed by atoms with Crippen molar-refractivity contribution in [3.05, 3.63) is 48.6 Å². The molecule has 12 N–H and O–H groups in total. The lowest BCUT2D eigenvalue weighted by Gasteiger charge is -2.48. The Morgan fingerprint density at radius 1 is 0.375 bits per heavy atom. The first kappa shape index (κ1) is 88.0. The van der Waals surface area contributed by atoms with Crippen LogP contribution in [0.25, 0.3) is 0 Å². The molecule has 17 atom stereocenters. The number of aliphatic hydroxyl groups excluding tert-OH is 11. The number of rotatable bonds is 61. The molecule has 3 saturated heterocycles. The number of unbranched alkanes of at least 4 members (excludes halogenated alkanes) is 39. The second-order valence-electron chi connectivity index (χ2n) is 27.8. The predicted octanol–water partition coefficient (Wildman–Crippen LogP) is 12.1. The van der Waals surface area contributed by atoms with Crippen molar-refractivity contribution >= 4 is 5.91 Å². The van der Waals surface area contributed by atoms with Crippen LogP contribution in [0, 0.1) is 0 Å². The summed E-state index contributed by atoms with van der Waals surface area (Å²) < 4.78 is 34.4. The molecule has 0 radical (unpaired) electrons. The monoisotopic (exact) mass is 1370 g/mol. The molecule has 19 nitrogen and oxygen atoms in total. The first-order valence-electron chi connectivity index (χ1n) is 38.9. The maximum absolute atomic E-state index is 13.5. The molecule has 0 aromatic rings. The minimum absolute atomic E-state index is 0.235. The van der Waals surface area contributed by atoms with E-state index in [4.69, 9.17) is 28.4 Å². The Labute approximate surface area is 580 Å². The number of allylic oxidation sites excluding steroid dienone is 7. The van der Waals surface area contributed by atoms with Gasteiger partial charge in [-0.05, 0) is 64.2 Å². The molecule has 3 fully saturated rings. The molecular formula is C77H141NO18. The lowest BCUT2D eigenvalue weighted by molar-refractivity contribution is -0.379. The third kappa shape index (κ3) is 38.7. The maximum Gasteiger partial charge on any atom is 0.220 e. The van der Waals surface area contributed by atoms with Crippen molar-refractivity contribution in [1.82, 2.24) is 5.32 Å². The van der Waals surface area contributed by atoms with Gasteiger partial charge in [0.1, 0.15) is 73.2 Å². The van der Waals surface area contributed by atoms with Gasteiger partial charge in [-0.1, -0.05) is 281 Å². The van der Waals surface area contributed by atoms with E-state index in [-0.39, 0.29) is 18.9 Å². The summed E-state index contributed by atoms with van der Waals surface area (Å²) in [4.78, 5) is 13.5. The van der Waals surface area contributed by atoms with Gasteiger partial charge < -0.3 is 89.9 Å². The van der Waals surface area contributed by atoms with E-state index >= 15 is 0 Å². The lowest BCUT2D eigenvalue weighted by atomic mass is 9.96. The van der Waals surface area contributed by atoms with Gasteiger partial charge in [-0.25, -0.2) is 0 Å². The van der Waals surface area contributed by atoms with E-state index in [2.05, 4.69) is 55.6 Å². The van der Waals surface area contributed by atoms with Crippen LogP contribution in [-0.2, 0) is 33.2 Å². The number of carbonyl (C=O) groups is 1. The number of aliphatic hydroxyl groups is 11. The van der Waals surface area contributed by atoms with Crippen LogP contribution in [0.3, 0.4) is 0 Å². The van der Waals surface area contributed by atoms with Gasteiger partial charge in [0, 0.05) is 6.42 Å². The number of amides is 1. The van der Waals surface area contributed by atoms with Crippen LogP contribution in [0.4, 0.5) is 0 Å².